The molecule has 2 amide bonds. The number of carbonyl (C=O) groups excluding carboxylic acids is 2. The van der Waals surface area contributed by atoms with Gasteiger partial charge in [-0.1, -0.05) is 0 Å². The molecule has 3 saturated heterocycles. The molecule has 4 heterocycles. The van der Waals surface area contributed by atoms with E-state index in [0.29, 0.717) is 31.9 Å². The predicted octanol–water partition coefficient (Wildman–Crippen LogP) is 0.517. The fourth-order valence-electron chi connectivity index (χ4n) is 4.26. The minimum absolute atomic E-state index is 0.0211. The van der Waals surface area contributed by atoms with E-state index in [4.69, 9.17) is 4.74 Å². The predicted molar refractivity (Wildman–Crippen MR) is 94.3 cm³/mol. The maximum Gasteiger partial charge on any atom is 0.236 e. The van der Waals surface area contributed by atoms with E-state index in [1.54, 1.807) is 12.4 Å². The van der Waals surface area contributed by atoms with Crippen molar-refractivity contribution in [3.63, 3.8) is 0 Å². The fourth-order valence-corrected chi connectivity index (χ4v) is 4.26. The van der Waals surface area contributed by atoms with Crippen LogP contribution in [-0.2, 0) is 14.3 Å². The number of ether oxygens (including phenoxy) is 1. The van der Waals surface area contributed by atoms with Gasteiger partial charge in [-0.05, 0) is 25.7 Å². The molecular weight excluding hydrogens is 334 g/mol. The van der Waals surface area contributed by atoms with Crippen molar-refractivity contribution in [3.8, 4) is 0 Å². The summed E-state index contributed by atoms with van der Waals surface area (Å²) in [4.78, 5) is 37.4. The Balaban J connectivity index is 1.42. The summed E-state index contributed by atoms with van der Waals surface area (Å²) in [5.41, 5.74) is 0. The van der Waals surface area contributed by atoms with Gasteiger partial charge in [0.15, 0.2) is 5.82 Å². The van der Waals surface area contributed by atoms with Crippen molar-refractivity contribution in [2.24, 2.45) is 5.92 Å². The molecular formula is C18H25N5O3. The van der Waals surface area contributed by atoms with Crippen LogP contribution in [0, 0.1) is 5.92 Å². The third-order valence-electron chi connectivity index (χ3n) is 5.60. The van der Waals surface area contributed by atoms with Crippen LogP contribution >= 0.6 is 0 Å². The molecule has 3 aliphatic rings. The molecule has 0 aliphatic carbocycles. The first-order valence-electron chi connectivity index (χ1n) is 9.41. The molecule has 0 spiro atoms. The topological polar surface area (TPSA) is 87.7 Å². The van der Waals surface area contributed by atoms with Crippen molar-refractivity contribution in [1.29, 1.82) is 0 Å². The number of hydrogen-bond acceptors (Lipinski definition) is 6. The zero-order valence-corrected chi connectivity index (χ0v) is 14.8. The molecule has 0 saturated carbocycles. The van der Waals surface area contributed by atoms with Crippen molar-refractivity contribution in [3.05, 3.63) is 18.6 Å². The smallest absolute Gasteiger partial charge is 0.236 e. The van der Waals surface area contributed by atoms with Crippen LogP contribution in [0.25, 0.3) is 0 Å². The van der Waals surface area contributed by atoms with Crippen LogP contribution in [-0.4, -0.2) is 76.5 Å². The van der Waals surface area contributed by atoms with Gasteiger partial charge < -0.3 is 15.0 Å². The molecule has 0 radical (unpaired) electrons. The number of amides is 2. The van der Waals surface area contributed by atoms with Crippen molar-refractivity contribution in [1.82, 2.24) is 19.8 Å². The number of carbonyl (C=O) groups is 2. The van der Waals surface area contributed by atoms with Crippen LogP contribution in [0.3, 0.4) is 0 Å². The molecule has 3 fully saturated rings. The Labute approximate surface area is 152 Å². The second-order valence-electron chi connectivity index (χ2n) is 7.30. The number of fused-ring (bicyclic) bond motifs is 1. The van der Waals surface area contributed by atoms with Crippen molar-refractivity contribution in [2.45, 2.75) is 37.8 Å². The number of piperidine rings is 1. The van der Waals surface area contributed by atoms with Gasteiger partial charge in [-0.2, -0.15) is 0 Å². The number of anilines is 1. The van der Waals surface area contributed by atoms with E-state index in [1.807, 2.05) is 4.90 Å². The molecule has 140 valence electrons. The lowest BCUT2D eigenvalue weighted by Crippen LogP contribution is -2.54. The maximum atomic E-state index is 12.7. The molecule has 3 atom stereocenters. The number of rotatable bonds is 4. The van der Waals surface area contributed by atoms with E-state index in [-0.39, 0.29) is 29.9 Å². The normalized spacial score (nSPS) is 28.8. The Bertz CT molecular complexity index is 649. The van der Waals surface area contributed by atoms with Crippen LogP contribution in [0.1, 0.15) is 25.7 Å². The van der Waals surface area contributed by atoms with E-state index in [9.17, 15) is 9.59 Å². The van der Waals surface area contributed by atoms with Gasteiger partial charge >= 0.3 is 0 Å². The number of aromatic nitrogens is 2. The summed E-state index contributed by atoms with van der Waals surface area (Å²) in [6, 6.07) is 0.238. The Morgan fingerprint density at radius 2 is 2.12 bits per heavy atom. The molecule has 0 unspecified atom stereocenters. The number of nitrogens with one attached hydrogen (secondary N) is 1. The van der Waals surface area contributed by atoms with Crippen LogP contribution in [0.2, 0.25) is 0 Å². The van der Waals surface area contributed by atoms with E-state index < -0.39 is 0 Å². The monoisotopic (exact) mass is 359 g/mol. The average molecular weight is 359 g/mol. The van der Waals surface area contributed by atoms with Gasteiger partial charge in [-0.25, -0.2) is 4.98 Å². The second kappa shape index (κ2) is 7.67. The quantitative estimate of drug-likeness (QED) is 0.843. The highest BCUT2D eigenvalue weighted by atomic mass is 16.5. The zero-order valence-electron chi connectivity index (χ0n) is 14.8. The lowest BCUT2D eigenvalue weighted by molar-refractivity contribution is -0.135. The Hall–Kier alpha value is -2.06. The van der Waals surface area contributed by atoms with Crippen LogP contribution in [0.5, 0.6) is 0 Å². The first kappa shape index (κ1) is 17.4. The summed E-state index contributed by atoms with van der Waals surface area (Å²) in [7, 11) is 0. The molecule has 1 N–H and O–H groups in total. The molecule has 0 aromatic carbocycles. The van der Waals surface area contributed by atoms with Gasteiger partial charge in [0, 0.05) is 44.7 Å². The summed E-state index contributed by atoms with van der Waals surface area (Å²) in [5, 5.41) is 2.83. The molecule has 8 nitrogen and oxygen atoms in total. The SMILES string of the molecule is O=C(Nc1cnccn1)[C@H]1C[C@H]2OCC[C@H]2N(CC(=O)N2CCCC2)C1. The van der Waals surface area contributed by atoms with Crippen molar-refractivity contribution in [2.75, 3.05) is 38.1 Å². The van der Waals surface area contributed by atoms with Crippen molar-refractivity contribution < 1.29 is 14.3 Å². The summed E-state index contributed by atoms with van der Waals surface area (Å²) in [6.07, 6.45) is 8.46. The van der Waals surface area contributed by atoms with E-state index >= 15 is 0 Å². The average Bonchev–Trinajstić information content (AvgIpc) is 3.34. The Kier molecular flexibility index (Phi) is 5.12. The second-order valence-corrected chi connectivity index (χ2v) is 7.30. The molecule has 8 heteroatoms. The van der Waals surface area contributed by atoms with Crippen molar-refractivity contribution >= 4 is 17.6 Å². The first-order chi connectivity index (χ1) is 12.7. The van der Waals surface area contributed by atoms with Gasteiger partial charge in [0.05, 0.1) is 24.8 Å². The lowest BCUT2D eigenvalue weighted by atomic mass is 9.89. The lowest BCUT2D eigenvalue weighted by Gasteiger charge is -2.40. The van der Waals surface area contributed by atoms with Crippen LogP contribution in [0.4, 0.5) is 5.82 Å². The molecule has 26 heavy (non-hydrogen) atoms. The molecule has 0 bridgehead atoms. The molecule has 1 aromatic rings. The summed E-state index contributed by atoms with van der Waals surface area (Å²) in [5.74, 6) is 0.315. The minimum atomic E-state index is -0.220. The highest BCUT2D eigenvalue weighted by molar-refractivity contribution is 5.91. The van der Waals surface area contributed by atoms with Crippen LogP contribution < -0.4 is 5.32 Å². The number of hydrogen-bond donors (Lipinski definition) is 1. The van der Waals surface area contributed by atoms with E-state index in [2.05, 4.69) is 20.2 Å². The van der Waals surface area contributed by atoms with E-state index in [0.717, 1.165) is 32.4 Å². The maximum absolute atomic E-state index is 12.7. The van der Waals surface area contributed by atoms with Gasteiger partial charge in [0.25, 0.3) is 0 Å². The highest BCUT2D eigenvalue weighted by Gasteiger charge is 2.43. The summed E-state index contributed by atoms with van der Waals surface area (Å²) in [6.45, 7) is 3.36. The Morgan fingerprint density at radius 1 is 1.27 bits per heavy atom. The third-order valence-corrected chi connectivity index (χ3v) is 5.60. The van der Waals surface area contributed by atoms with E-state index in [1.165, 1.54) is 6.20 Å². The molecule has 4 rings (SSSR count). The van der Waals surface area contributed by atoms with Gasteiger partial charge in [-0.3, -0.25) is 19.5 Å². The summed E-state index contributed by atoms with van der Waals surface area (Å²) >= 11 is 0. The number of likely N-dealkylation sites (tertiary alicyclic amines) is 2. The zero-order chi connectivity index (χ0) is 17.9. The third kappa shape index (κ3) is 3.71. The van der Waals surface area contributed by atoms with Gasteiger partial charge in [0.2, 0.25) is 11.8 Å². The highest BCUT2D eigenvalue weighted by Crippen LogP contribution is 2.32. The van der Waals surface area contributed by atoms with Gasteiger partial charge in [-0.15, -0.1) is 0 Å². The molecule has 3 aliphatic heterocycles. The summed E-state index contributed by atoms with van der Waals surface area (Å²) < 4.78 is 5.85. The number of nitrogens with zero attached hydrogens (tertiary/aromatic N) is 4. The fraction of sp³-hybridized carbons (Fsp3) is 0.667. The largest absolute Gasteiger partial charge is 0.377 e. The van der Waals surface area contributed by atoms with Gasteiger partial charge in [0.1, 0.15) is 0 Å². The van der Waals surface area contributed by atoms with Crippen LogP contribution in [0.15, 0.2) is 18.6 Å². The minimum Gasteiger partial charge on any atom is -0.377 e. The first-order valence-corrected chi connectivity index (χ1v) is 9.41. The standard InChI is InChI=1S/C18H25N5O3/c24-17(22-6-1-2-7-22)12-23-11-13(9-15-14(23)3-8-26-15)18(25)21-16-10-19-4-5-20-16/h4-5,10,13-15H,1-3,6-9,11-12H2,(H,20,21,25)/t13-,14+,15+/m0/s1. The Morgan fingerprint density at radius 3 is 2.88 bits per heavy atom. The molecule has 1 aromatic heterocycles.